The van der Waals surface area contributed by atoms with E-state index >= 15 is 4.39 Å². The lowest BCUT2D eigenvalue weighted by Gasteiger charge is -2.32. The average molecular weight is 560 g/mol. The molecule has 3 atom stereocenters. The highest BCUT2D eigenvalue weighted by Gasteiger charge is 2.26. The van der Waals surface area contributed by atoms with Crippen LogP contribution < -0.4 is 10.7 Å². The van der Waals surface area contributed by atoms with Gasteiger partial charge in [0.1, 0.15) is 5.82 Å². The van der Waals surface area contributed by atoms with Crippen molar-refractivity contribution in [1.82, 2.24) is 19.4 Å². The molecule has 0 bridgehead atoms. The van der Waals surface area contributed by atoms with Crippen molar-refractivity contribution in [2.24, 2.45) is 0 Å². The molecule has 2 fully saturated rings. The van der Waals surface area contributed by atoms with E-state index in [1.54, 1.807) is 13.0 Å². The lowest BCUT2D eigenvalue weighted by atomic mass is 10.0. The maximum atomic E-state index is 15.6. The predicted molar refractivity (Wildman–Crippen MR) is 149 cm³/mol. The summed E-state index contributed by atoms with van der Waals surface area (Å²) in [6.07, 6.45) is 2.54. The first kappa shape index (κ1) is 27.9. The topological polar surface area (TPSA) is 113 Å². The standard InChI is InChI=1S/C28H35ClFN5O4/c1-15(2)35-23-10-18(26-20(29)11-31-28(33-26)32-22-6-8-39-14-25(22)37)21(30)9-19(23)27(38)16(3)24(35)13-34-7-4-5-17(36)12-34/h9-11,15,17,22,25,36-37H,4-8,12-14H2,1-3H3,(H,31,32,33)/t17-,22+,25+/m0/s1. The second kappa shape index (κ2) is 11.5. The van der Waals surface area contributed by atoms with E-state index in [0.717, 1.165) is 25.1 Å². The summed E-state index contributed by atoms with van der Waals surface area (Å²) in [5, 5.41) is 24.0. The Morgan fingerprint density at radius 2 is 2.08 bits per heavy atom. The van der Waals surface area contributed by atoms with E-state index in [0.29, 0.717) is 42.6 Å². The van der Waals surface area contributed by atoms with Gasteiger partial charge in [-0.15, -0.1) is 0 Å². The van der Waals surface area contributed by atoms with E-state index in [9.17, 15) is 15.0 Å². The van der Waals surface area contributed by atoms with Gasteiger partial charge in [-0.2, -0.15) is 0 Å². The molecule has 2 saturated heterocycles. The number of hydrogen-bond donors (Lipinski definition) is 3. The number of piperidine rings is 1. The van der Waals surface area contributed by atoms with Gasteiger partial charge >= 0.3 is 0 Å². The summed E-state index contributed by atoms with van der Waals surface area (Å²) < 4.78 is 23.0. The summed E-state index contributed by atoms with van der Waals surface area (Å²) >= 11 is 6.47. The molecule has 5 rings (SSSR count). The number of hydrogen-bond acceptors (Lipinski definition) is 8. The Labute approximate surface area is 231 Å². The van der Waals surface area contributed by atoms with Gasteiger partial charge in [0.25, 0.3) is 0 Å². The number of anilines is 1. The van der Waals surface area contributed by atoms with E-state index in [-0.39, 0.29) is 52.5 Å². The van der Waals surface area contributed by atoms with Crippen LogP contribution in [0.4, 0.5) is 10.3 Å². The maximum absolute atomic E-state index is 15.6. The van der Waals surface area contributed by atoms with Gasteiger partial charge in [0, 0.05) is 47.9 Å². The Morgan fingerprint density at radius 1 is 1.28 bits per heavy atom. The number of aliphatic hydroxyl groups excluding tert-OH is 2. The van der Waals surface area contributed by atoms with Gasteiger partial charge in [0.15, 0.2) is 5.43 Å². The van der Waals surface area contributed by atoms with Gasteiger partial charge in [-0.05, 0) is 58.7 Å². The van der Waals surface area contributed by atoms with Crippen molar-refractivity contribution in [2.75, 3.05) is 31.6 Å². The van der Waals surface area contributed by atoms with Gasteiger partial charge in [0.05, 0.1) is 47.3 Å². The third-order valence-corrected chi connectivity index (χ3v) is 7.94. The Kier molecular flexibility index (Phi) is 8.21. The van der Waals surface area contributed by atoms with Crippen LogP contribution in [0.2, 0.25) is 5.02 Å². The lowest BCUT2D eigenvalue weighted by Crippen LogP contribution is -2.42. The maximum Gasteiger partial charge on any atom is 0.223 e. The molecule has 0 aliphatic carbocycles. The number of halogens is 2. The van der Waals surface area contributed by atoms with Crippen molar-refractivity contribution >= 4 is 28.5 Å². The molecular formula is C28H35ClFN5O4. The molecule has 0 radical (unpaired) electrons. The molecule has 4 heterocycles. The summed E-state index contributed by atoms with van der Waals surface area (Å²) in [6.45, 7) is 8.44. The minimum absolute atomic E-state index is 0.0251. The number of β-amino-alcohol motifs (C(OH)–C–C–N with tert-alkyl or cyclic N) is 1. The minimum atomic E-state index is -0.720. The monoisotopic (exact) mass is 559 g/mol. The molecule has 0 spiro atoms. The van der Waals surface area contributed by atoms with E-state index in [1.807, 2.05) is 13.8 Å². The summed E-state index contributed by atoms with van der Waals surface area (Å²) in [5.41, 5.74) is 2.14. The molecule has 210 valence electrons. The fourth-order valence-electron chi connectivity index (χ4n) is 5.64. The lowest BCUT2D eigenvalue weighted by molar-refractivity contribution is -0.0136. The molecule has 9 nitrogen and oxygen atoms in total. The molecule has 1 aromatic carbocycles. The molecule has 2 aliphatic rings. The quantitative estimate of drug-likeness (QED) is 0.419. The van der Waals surface area contributed by atoms with Crippen LogP contribution >= 0.6 is 11.6 Å². The van der Waals surface area contributed by atoms with Crippen molar-refractivity contribution in [3.8, 4) is 11.3 Å². The van der Waals surface area contributed by atoms with Crippen molar-refractivity contribution in [3.63, 3.8) is 0 Å². The van der Waals surface area contributed by atoms with Gasteiger partial charge in [-0.1, -0.05) is 11.6 Å². The molecule has 0 saturated carbocycles. The second-order valence-electron chi connectivity index (χ2n) is 10.8. The first-order valence-electron chi connectivity index (χ1n) is 13.5. The Hall–Kier alpha value is -2.63. The third kappa shape index (κ3) is 5.67. The first-order valence-corrected chi connectivity index (χ1v) is 13.8. The predicted octanol–water partition coefficient (Wildman–Crippen LogP) is 3.66. The minimum Gasteiger partial charge on any atom is -0.392 e. The van der Waals surface area contributed by atoms with Gasteiger partial charge in [-0.3, -0.25) is 9.69 Å². The van der Waals surface area contributed by atoms with E-state index in [4.69, 9.17) is 16.3 Å². The number of ether oxygens (including phenoxy) is 1. The van der Waals surface area contributed by atoms with E-state index in [1.165, 1.54) is 12.3 Å². The molecule has 39 heavy (non-hydrogen) atoms. The van der Waals surface area contributed by atoms with Crippen LogP contribution in [0.1, 0.15) is 50.4 Å². The van der Waals surface area contributed by atoms with Crippen LogP contribution in [0, 0.1) is 12.7 Å². The second-order valence-corrected chi connectivity index (χ2v) is 11.2. The summed E-state index contributed by atoms with van der Waals surface area (Å²) in [4.78, 5) is 24.4. The highest BCUT2D eigenvalue weighted by atomic mass is 35.5. The highest BCUT2D eigenvalue weighted by molar-refractivity contribution is 6.33. The van der Waals surface area contributed by atoms with E-state index in [2.05, 4.69) is 24.8 Å². The Bertz CT molecular complexity index is 1430. The number of nitrogens with one attached hydrogen (secondary N) is 1. The molecule has 0 unspecified atom stereocenters. The Morgan fingerprint density at radius 3 is 2.79 bits per heavy atom. The molecule has 11 heteroatoms. The number of rotatable bonds is 6. The molecule has 3 aromatic rings. The van der Waals surface area contributed by atoms with Crippen LogP contribution in [-0.2, 0) is 11.3 Å². The van der Waals surface area contributed by atoms with Gasteiger partial charge in [0.2, 0.25) is 5.95 Å². The molecule has 0 amide bonds. The zero-order valence-electron chi connectivity index (χ0n) is 22.5. The highest BCUT2D eigenvalue weighted by Crippen LogP contribution is 2.33. The zero-order valence-corrected chi connectivity index (χ0v) is 23.2. The smallest absolute Gasteiger partial charge is 0.223 e. The molecule has 2 aliphatic heterocycles. The van der Waals surface area contributed by atoms with Crippen LogP contribution in [0.15, 0.2) is 23.1 Å². The normalized spacial score (nSPS) is 22.5. The number of aliphatic hydroxyl groups is 2. The third-order valence-electron chi connectivity index (χ3n) is 7.66. The van der Waals surface area contributed by atoms with E-state index < -0.39 is 11.9 Å². The van der Waals surface area contributed by atoms with Crippen LogP contribution in [0.3, 0.4) is 0 Å². The molecule has 3 N–H and O–H groups in total. The van der Waals surface area contributed by atoms with Gasteiger partial charge < -0.3 is 24.8 Å². The first-order chi connectivity index (χ1) is 18.6. The van der Waals surface area contributed by atoms with Crippen LogP contribution in [0.25, 0.3) is 22.2 Å². The number of pyridine rings is 1. The van der Waals surface area contributed by atoms with Crippen molar-refractivity contribution in [3.05, 3.63) is 50.7 Å². The fourth-order valence-corrected chi connectivity index (χ4v) is 5.83. The summed E-state index contributed by atoms with van der Waals surface area (Å²) in [7, 11) is 0. The van der Waals surface area contributed by atoms with Crippen molar-refractivity contribution < 1.29 is 19.3 Å². The average Bonchev–Trinajstić information content (AvgIpc) is 2.89. The largest absolute Gasteiger partial charge is 0.392 e. The van der Waals surface area contributed by atoms with Crippen molar-refractivity contribution in [2.45, 2.75) is 70.9 Å². The number of nitrogens with zero attached hydrogens (tertiary/aromatic N) is 4. The van der Waals surface area contributed by atoms with Gasteiger partial charge in [-0.25, -0.2) is 14.4 Å². The number of likely N-dealkylation sites (tertiary alicyclic amines) is 1. The molecule has 2 aromatic heterocycles. The summed E-state index contributed by atoms with van der Waals surface area (Å²) in [5.74, 6) is -0.395. The Balaban J connectivity index is 1.61. The fraction of sp³-hybridized carbons (Fsp3) is 0.536. The van der Waals surface area contributed by atoms with Crippen LogP contribution in [0.5, 0.6) is 0 Å². The molecular weight excluding hydrogens is 525 g/mol. The number of fused-ring (bicyclic) bond motifs is 1. The number of aromatic nitrogens is 3. The zero-order chi connectivity index (χ0) is 27.8. The van der Waals surface area contributed by atoms with Crippen molar-refractivity contribution in [1.29, 1.82) is 0 Å². The summed E-state index contributed by atoms with van der Waals surface area (Å²) in [6, 6.07) is 2.57. The number of benzene rings is 1. The SMILES string of the molecule is Cc1c(CN2CCC[C@H](O)C2)n(C(C)C)c2cc(-c3nc(N[C@@H]4CCOC[C@H]4O)ncc3Cl)c(F)cc2c1=O. The van der Waals surface area contributed by atoms with Crippen LogP contribution in [-0.4, -0.2) is 74.2 Å².